The number of aliphatic imine (C=N–C) groups is 1. The zero-order valence-electron chi connectivity index (χ0n) is 18.9. The van der Waals surface area contributed by atoms with Crippen LogP contribution in [-0.2, 0) is 11.3 Å². The van der Waals surface area contributed by atoms with Crippen LogP contribution >= 0.6 is 0 Å². The lowest BCUT2D eigenvalue weighted by Crippen LogP contribution is -2.44. The van der Waals surface area contributed by atoms with E-state index in [2.05, 4.69) is 51.5 Å². The van der Waals surface area contributed by atoms with Crippen LogP contribution < -0.4 is 15.5 Å². The molecule has 7 nitrogen and oxygen atoms in total. The lowest BCUT2D eigenvalue weighted by molar-refractivity contribution is 0.0468. The second kappa shape index (κ2) is 12.7. The van der Waals surface area contributed by atoms with Crippen LogP contribution in [0.3, 0.4) is 0 Å². The van der Waals surface area contributed by atoms with E-state index < -0.39 is 0 Å². The van der Waals surface area contributed by atoms with Crippen molar-refractivity contribution >= 4 is 11.8 Å². The molecule has 1 aliphatic carbocycles. The maximum Gasteiger partial charge on any atom is 0.191 e. The third-order valence-electron chi connectivity index (χ3n) is 5.95. The van der Waals surface area contributed by atoms with E-state index in [1.807, 2.05) is 6.20 Å². The first-order valence-corrected chi connectivity index (χ1v) is 11.8. The molecular weight excluding hydrogens is 376 g/mol. The molecule has 30 heavy (non-hydrogen) atoms. The number of piperazine rings is 1. The average molecular weight is 417 g/mol. The van der Waals surface area contributed by atoms with Crippen molar-refractivity contribution in [1.82, 2.24) is 20.5 Å². The highest BCUT2D eigenvalue weighted by Crippen LogP contribution is 2.19. The number of nitrogens with one attached hydrogen (secondary N) is 2. The van der Waals surface area contributed by atoms with Crippen LogP contribution in [0.2, 0.25) is 0 Å². The van der Waals surface area contributed by atoms with Gasteiger partial charge in [-0.25, -0.2) is 9.98 Å². The van der Waals surface area contributed by atoms with Gasteiger partial charge in [-0.1, -0.05) is 31.7 Å². The number of rotatable bonds is 8. The topological polar surface area (TPSA) is 65.0 Å². The number of hydrogen-bond acceptors (Lipinski definition) is 5. The van der Waals surface area contributed by atoms with Gasteiger partial charge in [0.25, 0.3) is 0 Å². The van der Waals surface area contributed by atoms with E-state index in [0.29, 0.717) is 12.6 Å². The summed E-state index contributed by atoms with van der Waals surface area (Å²) in [5, 5.41) is 6.71. The van der Waals surface area contributed by atoms with Crippen LogP contribution in [0.4, 0.5) is 5.82 Å². The summed E-state index contributed by atoms with van der Waals surface area (Å²) in [4.78, 5) is 14.1. The van der Waals surface area contributed by atoms with E-state index in [1.54, 1.807) is 0 Å². The van der Waals surface area contributed by atoms with Gasteiger partial charge in [0.15, 0.2) is 5.96 Å². The molecule has 0 atom stereocenters. The molecule has 3 rings (SSSR count). The molecular formula is C23H40N6O. The fourth-order valence-corrected chi connectivity index (χ4v) is 4.05. The fourth-order valence-electron chi connectivity index (χ4n) is 4.05. The summed E-state index contributed by atoms with van der Waals surface area (Å²) < 4.78 is 6.07. The maximum atomic E-state index is 6.07. The molecule has 7 heteroatoms. The van der Waals surface area contributed by atoms with Crippen LogP contribution in [-0.4, -0.2) is 74.9 Å². The number of pyridine rings is 1. The molecule has 0 radical (unpaired) electrons. The van der Waals surface area contributed by atoms with Crippen molar-refractivity contribution in [1.29, 1.82) is 0 Å². The third kappa shape index (κ3) is 7.76. The SMILES string of the molecule is CCNC(=NCc1ccc(N2CCN(C)CC2)nc1)NCCOC1CCCCCC1. The van der Waals surface area contributed by atoms with E-state index >= 15 is 0 Å². The molecule has 0 aromatic carbocycles. The predicted octanol–water partition coefficient (Wildman–Crippen LogP) is 2.63. The van der Waals surface area contributed by atoms with Gasteiger partial charge < -0.3 is 25.2 Å². The van der Waals surface area contributed by atoms with E-state index in [9.17, 15) is 0 Å². The highest BCUT2D eigenvalue weighted by molar-refractivity contribution is 5.79. The van der Waals surface area contributed by atoms with Crippen LogP contribution in [0.15, 0.2) is 23.3 Å². The van der Waals surface area contributed by atoms with Gasteiger partial charge in [-0.15, -0.1) is 0 Å². The molecule has 1 aromatic heterocycles. The summed E-state index contributed by atoms with van der Waals surface area (Å²) in [6, 6.07) is 4.26. The average Bonchev–Trinajstić information content (AvgIpc) is 3.05. The second-order valence-electron chi connectivity index (χ2n) is 8.42. The van der Waals surface area contributed by atoms with E-state index in [0.717, 1.165) is 63.2 Å². The molecule has 2 fully saturated rings. The lowest BCUT2D eigenvalue weighted by Gasteiger charge is -2.33. The molecule has 0 amide bonds. The van der Waals surface area contributed by atoms with Crippen LogP contribution in [0.25, 0.3) is 0 Å². The summed E-state index contributed by atoms with van der Waals surface area (Å²) in [6.45, 7) is 9.33. The largest absolute Gasteiger partial charge is 0.376 e. The normalized spacial score (nSPS) is 19.5. The van der Waals surface area contributed by atoms with Crippen molar-refractivity contribution in [2.24, 2.45) is 4.99 Å². The Morgan fingerprint density at radius 1 is 1.10 bits per heavy atom. The standard InChI is InChI=1S/C23H40N6O/c1-3-24-23(25-12-17-30-21-8-6-4-5-7-9-21)27-19-20-10-11-22(26-18-20)29-15-13-28(2)14-16-29/h10-11,18,21H,3-9,12-17,19H2,1-2H3,(H2,24,25,27). The van der Waals surface area contributed by atoms with Crippen LogP contribution in [0.1, 0.15) is 51.0 Å². The van der Waals surface area contributed by atoms with Crippen molar-refractivity contribution in [2.45, 2.75) is 58.1 Å². The Hall–Kier alpha value is -1.86. The number of likely N-dealkylation sites (N-methyl/N-ethyl adjacent to an activating group) is 1. The molecule has 0 bridgehead atoms. The molecule has 2 heterocycles. The van der Waals surface area contributed by atoms with Crippen molar-refractivity contribution in [3.8, 4) is 0 Å². The number of aromatic nitrogens is 1. The summed E-state index contributed by atoms with van der Waals surface area (Å²) >= 11 is 0. The highest BCUT2D eigenvalue weighted by atomic mass is 16.5. The van der Waals surface area contributed by atoms with E-state index in [1.165, 1.54) is 38.5 Å². The Kier molecular flexibility index (Phi) is 9.70. The van der Waals surface area contributed by atoms with Crippen molar-refractivity contribution in [2.75, 3.05) is 57.8 Å². The number of guanidine groups is 1. The molecule has 0 unspecified atom stereocenters. The first kappa shape index (κ1) is 22.8. The van der Waals surface area contributed by atoms with Gasteiger partial charge in [-0.3, -0.25) is 0 Å². The number of nitrogens with zero attached hydrogens (tertiary/aromatic N) is 4. The highest BCUT2D eigenvalue weighted by Gasteiger charge is 2.15. The monoisotopic (exact) mass is 416 g/mol. The van der Waals surface area contributed by atoms with Gasteiger partial charge >= 0.3 is 0 Å². The summed E-state index contributed by atoms with van der Waals surface area (Å²) in [5.74, 6) is 1.90. The summed E-state index contributed by atoms with van der Waals surface area (Å²) in [5.41, 5.74) is 1.12. The lowest BCUT2D eigenvalue weighted by atomic mass is 10.1. The molecule has 1 saturated heterocycles. The van der Waals surface area contributed by atoms with Crippen molar-refractivity contribution < 1.29 is 4.74 Å². The van der Waals surface area contributed by atoms with Gasteiger partial charge in [0.1, 0.15) is 5.82 Å². The number of ether oxygens (including phenoxy) is 1. The smallest absolute Gasteiger partial charge is 0.191 e. The van der Waals surface area contributed by atoms with Crippen molar-refractivity contribution in [3.05, 3.63) is 23.9 Å². The molecule has 0 spiro atoms. The minimum atomic E-state index is 0.443. The zero-order valence-corrected chi connectivity index (χ0v) is 18.9. The van der Waals surface area contributed by atoms with Crippen LogP contribution in [0, 0.1) is 0 Å². The Balaban J connectivity index is 1.42. The van der Waals surface area contributed by atoms with Gasteiger partial charge in [-0.2, -0.15) is 0 Å². The number of anilines is 1. The Labute approximate surface area is 182 Å². The van der Waals surface area contributed by atoms with E-state index in [-0.39, 0.29) is 0 Å². The van der Waals surface area contributed by atoms with Gasteiger partial charge in [-0.05, 0) is 38.4 Å². The van der Waals surface area contributed by atoms with Crippen LogP contribution in [0.5, 0.6) is 0 Å². The second-order valence-corrected chi connectivity index (χ2v) is 8.42. The zero-order chi connectivity index (χ0) is 21.0. The summed E-state index contributed by atoms with van der Waals surface area (Å²) in [7, 11) is 2.17. The molecule has 168 valence electrons. The minimum absolute atomic E-state index is 0.443. The quantitative estimate of drug-likeness (QED) is 0.294. The molecule has 2 aliphatic rings. The van der Waals surface area contributed by atoms with Gasteiger partial charge in [0, 0.05) is 45.5 Å². The van der Waals surface area contributed by atoms with Gasteiger partial charge in [0.05, 0.1) is 19.3 Å². The minimum Gasteiger partial charge on any atom is -0.376 e. The summed E-state index contributed by atoms with van der Waals surface area (Å²) in [6.07, 6.45) is 10.2. The molecule has 1 aromatic rings. The molecule has 1 saturated carbocycles. The van der Waals surface area contributed by atoms with Gasteiger partial charge in [0.2, 0.25) is 0 Å². The van der Waals surface area contributed by atoms with E-state index in [4.69, 9.17) is 9.73 Å². The Bertz CT molecular complexity index is 619. The first-order chi connectivity index (χ1) is 14.7. The first-order valence-electron chi connectivity index (χ1n) is 11.8. The molecule has 2 N–H and O–H groups in total. The third-order valence-corrected chi connectivity index (χ3v) is 5.95. The number of hydrogen-bond donors (Lipinski definition) is 2. The molecule has 1 aliphatic heterocycles. The Morgan fingerprint density at radius 2 is 1.87 bits per heavy atom. The van der Waals surface area contributed by atoms with Crippen molar-refractivity contribution in [3.63, 3.8) is 0 Å². The Morgan fingerprint density at radius 3 is 2.53 bits per heavy atom. The maximum absolute atomic E-state index is 6.07. The predicted molar refractivity (Wildman–Crippen MR) is 124 cm³/mol. The fraction of sp³-hybridized carbons (Fsp3) is 0.739.